The Balaban J connectivity index is 1.34. The Hall–Kier alpha value is -1.88. The molecule has 0 aromatic carbocycles. The van der Waals surface area contributed by atoms with Gasteiger partial charge in [-0.2, -0.15) is 0 Å². The van der Waals surface area contributed by atoms with Gasteiger partial charge in [0.25, 0.3) is 0 Å². The third-order valence-corrected chi connectivity index (χ3v) is 5.98. The van der Waals surface area contributed by atoms with Crippen molar-refractivity contribution in [3.63, 3.8) is 0 Å². The fourth-order valence-corrected chi connectivity index (χ4v) is 4.29. The molecule has 2 bridgehead atoms. The van der Waals surface area contributed by atoms with Gasteiger partial charge in [-0.25, -0.2) is 4.79 Å². The standard InChI is InChI=1S/C19H26F3N3O5/c1-16(2,3)30-15(26)23-17-4-6-18(7-5-17,27-10-17)14-25-24-13(28-14)11-8-12(9-11)29-19(20,21)22/h11-12H,4-10H2,1-3H3,(H,23,26). The smallest absolute Gasteiger partial charge is 0.444 e. The fraction of sp³-hybridized carbons (Fsp3) is 0.842. The van der Waals surface area contributed by atoms with Gasteiger partial charge in [0.1, 0.15) is 11.2 Å². The van der Waals surface area contributed by atoms with E-state index in [2.05, 4.69) is 20.3 Å². The number of halogens is 3. The van der Waals surface area contributed by atoms with Crippen LogP contribution in [-0.4, -0.2) is 46.5 Å². The number of fused-ring (bicyclic) bond motifs is 3. The van der Waals surface area contributed by atoms with E-state index < -0.39 is 35.3 Å². The maximum atomic E-state index is 12.3. The lowest BCUT2D eigenvalue weighted by atomic mass is 9.71. The molecule has 2 aliphatic carbocycles. The number of nitrogens with one attached hydrogen (secondary N) is 1. The van der Waals surface area contributed by atoms with Crippen molar-refractivity contribution in [2.45, 2.75) is 94.4 Å². The molecule has 11 heteroatoms. The molecule has 5 rings (SSSR count). The number of nitrogens with zero attached hydrogens (tertiary/aromatic N) is 2. The predicted octanol–water partition coefficient (Wildman–Crippen LogP) is 3.92. The first-order chi connectivity index (χ1) is 13.9. The van der Waals surface area contributed by atoms with Crippen LogP contribution in [0, 0.1) is 0 Å². The number of alkyl halides is 3. The van der Waals surface area contributed by atoms with Gasteiger partial charge in [-0.1, -0.05) is 0 Å². The average molecular weight is 433 g/mol. The first-order valence-corrected chi connectivity index (χ1v) is 10.1. The van der Waals surface area contributed by atoms with Crippen LogP contribution in [0.3, 0.4) is 0 Å². The minimum absolute atomic E-state index is 0.192. The van der Waals surface area contributed by atoms with E-state index in [1.54, 1.807) is 20.8 Å². The lowest BCUT2D eigenvalue weighted by Crippen LogP contribution is -2.62. The molecule has 1 N–H and O–H groups in total. The zero-order valence-electron chi connectivity index (χ0n) is 17.2. The molecular formula is C19H26F3N3O5. The van der Waals surface area contributed by atoms with Crippen molar-refractivity contribution in [3.8, 4) is 0 Å². The first kappa shape index (κ1) is 21.4. The molecule has 8 nitrogen and oxygen atoms in total. The molecule has 1 aromatic rings. The van der Waals surface area contributed by atoms with Crippen LogP contribution in [0.1, 0.15) is 77.0 Å². The van der Waals surface area contributed by atoms with Gasteiger partial charge in [-0.15, -0.1) is 23.4 Å². The fourth-order valence-electron chi connectivity index (χ4n) is 4.29. The molecule has 1 amide bonds. The number of hydrogen-bond acceptors (Lipinski definition) is 7. The number of ether oxygens (including phenoxy) is 3. The Morgan fingerprint density at radius 1 is 1.13 bits per heavy atom. The van der Waals surface area contributed by atoms with Crippen LogP contribution in [-0.2, 0) is 19.8 Å². The molecule has 1 aromatic heterocycles. The topological polar surface area (TPSA) is 95.7 Å². The van der Waals surface area contributed by atoms with Gasteiger partial charge in [-0.05, 0) is 59.3 Å². The minimum Gasteiger partial charge on any atom is -0.444 e. The van der Waals surface area contributed by atoms with E-state index >= 15 is 0 Å². The number of aromatic nitrogens is 2. The number of hydrogen-bond donors (Lipinski definition) is 1. The highest BCUT2D eigenvalue weighted by atomic mass is 19.4. The summed E-state index contributed by atoms with van der Waals surface area (Å²) < 4.78 is 58.1. The van der Waals surface area contributed by atoms with Crippen LogP contribution < -0.4 is 5.32 Å². The van der Waals surface area contributed by atoms with Crippen LogP contribution in [0.5, 0.6) is 0 Å². The summed E-state index contributed by atoms with van der Waals surface area (Å²) >= 11 is 0. The van der Waals surface area contributed by atoms with Gasteiger partial charge in [0, 0.05) is 5.92 Å². The normalized spacial score (nSPS) is 33.8. The summed E-state index contributed by atoms with van der Waals surface area (Å²) in [7, 11) is 0. The van der Waals surface area contributed by atoms with Gasteiger partial charge in [0.05, 0.1) is 18.2 Å². The predicted molar refractivity (Wildman–Crippen MR) is 95.4 cm³/mol. The Morgan fingerprint density at radius 2 is 1.80 bits per heavy atom. The second kappa shape index (κ2) is 7.08. The van der Waals surface area contributed by atoms with E-state index in [-0.39, 0.29) is 18.8 Å². The second-order valence-electron chi connectivity index (χ2n) is 9.49. The summed E-state index contributed by atoms with van der Waals surface area (Å²) in [5, 5.41) is 11.1. The van der Waals surface area contributed by atoms with Crippen LogP contribution in [0.25, 0.3) is 0 Å². The summed E-state index contributed by atoms with van der Waals surface area (Å²) in [6.45, 7) is 5.72. The molecule has 30 heavy (non-hydrogen) atoms. The van der Waals surface area contributed by atoms with Crippen molar-refractivity contribution in [2.24, 2.45) is 0 Å². The largest absolute Gasteiger partial charge is 0.522 e. The Labute approximate surface area is 171 Å². The lowest BCUT2D eigenvalue weighted by molar-refractivity contribution is -0.352. The van der Waals surface area contributed by atoms with Gasteiger partial charge < -0.3 is 19.2 Å². The minimum atomic E-state index is -4.63. The van der Waals surface area contributed by atoms with E-state index in [1.165, 1.54) is 0 Å². The zero-order chi connectivity index (χ0) is 21.8. The quantitative estimate of drug-likeness (QED) is 0.769. The van der Waals surface area contributed by atoms with Gasteiger partial charge in [0.2, 0.25) is 11.8 Å². The monoisotopic (exact) mass is 433 g/mol. The third-order valence-electron chi connectivity index (χ3n) is 5.98. The van der Waals surface area contributed by atoms with Crippen LogP contribution in [0.4, 0.5) is 18.0 Å². The number of carbonyl (C=O) groups is 1. The Bertz CT molecular complexity index is 774. The zero-order valence-corrected chi connectivity index (χ0v) is 17.2. The molecule has 3 heterocycles. The average Bonchev–Trinajstić information content (AvgIpc) is 3.06. The number of rotatable bonds is 4. The summed E-state index contributed by atoms with van der Waals surface area (Å²) in [6, 6.07) is 0. The molecule has 0 radical (unpaired) electrons. The van der Waals surface area contributed by atoms with E-state index in [1.807, 2.05) is 0 Å². The van der Waals surface area contributed by atoms with Gasteiger partial charge in [0.15, 0.2) is 0 Å². The van der Waals surface area contributed by atoms with Crippen molar-refractivity contribution in [2.75, 3.05) is 6.61 Å². The molecule has 0 unspecified atom stereocenters. The summed E-state index contributed by atoms with van der Waals surface area (Å²) in [6.07, 6.45) is -3.06. The molecule has 2 saturated heterocycles. The molecule has 0 spiro atoms. The number of alkyl carbamates (subject to hydrolysis) is 1. The van der Waals surface area contributed by atoms with Crippen molar-refractivity contribution >= 4 is 6.09 Å². The SMILES string of the molecule is CC(C)(C)OC(=O)NC12CCC(c3nnc(C4CC(OC(F)(F)F)C4)o3)(CC1)OC2. The molecule has 4 aliphatic rings. The van der Waals surface area contributed by atoms with Gasteiger partial charge >= 0.3 is 12.5 Å². The number of amides is 1. The van der Waals surface area contributed by atoms with Crippen LogP contribution in [0.15, 0.2) is 4.42 Å². The maximum absolute atomic E-state index is 12.3. The Morgan fingerprint density at radius 3 is 2.33 bits per heavy atom. The highest BCUT2D eigenvalue weighted by Gasteiger charge is 2.54. The second-order valence-corrected chi connectivity index (χ2v) is 9.49. The van der Waals surface area contributed by atoms with E-state index in [9.17, 15) is 18.0 Å². The van der Waals surface area contributed by atoms with E-state index in [0.717, 1.165) is 0 Å². The lowest BCUT2D eigenvalue weighted by Gasteiger charge is -2.51. The molecule has 2 saturated carbocycles. The molecule has 0 atom stereocenters. The maximum Gasteiger partial charge on any atom is 0.522 e. The van der Waals surface area contributed by atoms with E-state index in [0.29, 0.717) is 44.1 Å². The summed E-state index contributed by atoms with van der Waals surface area (Å²) in [5.41, 5.74) is -1.78. The van der Waals surface area contributed by atoms with E-state index in [4.69, 9.17) is 13.9 Å². The summed E-state index contributed by atoms with van der Waals surface area (Å²) in [4.78, 5) is 12.2. The van der Waals surface area contributed by atoms with Crippen LogP contribution >= 0.6 is 0 Å². The number of carbonyl (C=O) groups excluding carboxylic acids is 1. The summed E-state index contributed by atoms with van der Waals surface area (Å²) in [5.74, 6) is 0.428. The van der Waals surface area contributed by atoms with Crippen LogP contribution in [0.2, 0.25) is 0 Å². The van der Waals surface area contributed by atoms with Gasteiger partial charge in [-0.3, -0.25) is 4.74 Å². The van der Waals surface area contributed by atoms with Crippen molar-refractivity contribution in [3.05, 3.63) is 11.8 Å². The molecule has 168 valence electrons. The highest BCUT2D eigenvalue weighted by molar-refractivity contribution is 5.69. The Kier molecular flexibility index (Phi) is 5.04. The van der Waals surface area contributed by atoms with Crippen molar-refractivity contribution in [1.29, 1.82) is 0 Å². The third kappa shape index (κ3) is 4.41. The molecule has 4 fully saturated rings. The van der Waals surface area contributed by atoms with Crippen molar-refractivity contribution < 1.29 is 36.6 Å². The molecule has 2 aliphatic heterocycles. The highest BCUT2D eigenvalue weighted by Crippen LogP contribution is 2.50. The molecular weight excluding hydrogens is 407 g/mol. The first-order valence-electron chi connectivity index (χ1n) is 10.1. The van der Waals surface area contributed by atoms with Crippen molar-refractivity contribution in [1.82, 2.24) is 15.5 Å².